The van der Waals surface area contributed by atoms with E-state index in [0.29, 0.717) is 0 Å². The molecular weight excluding hydrogens is 557 g/mol. The number of hydrogen-bond donors (Lipinski definition) is 1. The number of nitrogens with zero attached hydrogens (tertiary/aromatic N) is 2. The summed E-state index contributed by atoms with van der Waals surface area (Å²) in [5, 5.41) is 12.8. The Morgan fingerprint density at radius 2 is 1.25 bits per heavy atom. The first-order chi connectivity index (χ1) is 20.6. The monoisotopic (exact) mass is 598 g/mol. The third kappa shape index (κ3) is 5.52. The minimum Gasteiger partial charge on any atom is -0.507 e. The second kappa shape index (κ2) is 10.6. The lowest BCUT2D eigenvalue weighted by Gasteiger charge is -2.26. The second-order valence-corrected chi connectivity index (χ2v) is 16.0. The molecule has 2 aromatic heterocycles. The fourth-order valence-corrected chi connectivity index (χ4v) is 6.87. The zero-order valence-corrected chi connectivity index (χ0v) is 28.1. The Morgan fingerprint density at radius 1 is 0.591 bits per heavy atom. The summed E-state index contributed by atoms with van der Waals surface area (Å²) >= 11 is 1.70. The molecule has 0 bridgehead atoms. The van der Waals surface area contributed by atoms with Crippen molar-refractivity contribution in [2.45, 2.75) is 78.6 Å². The van der Waals surface area contributed by atoms with Crippen LogP contribution in [0.4, 0.5) is 0 Å². The van der Waals surface area contributed by atoms with Crippen LogP contribution in [0, 0.1) is 0 Å². The third-order valence-corrected chi connectivity index (χ3v) is 9.56. The number of phenols is 1. The van der Waals surface area contributed by atoms with Gasteiger partial charge in [0.25, 0.3) is 0 Å². The first-order valence-electron chi connectivity index (χ1n) is 15.4. The lowest BCUT2D eigenvalue weighted by Crippen LogP contribution is -2.15. The highest BCUT2D eigenvalue weighted by Crippen LogP contribution is 2.43. The van der Waals surface area contributed by atoms with Crippen LogP contribution in [0.5, 0.6) is 5.75 Å². The van der Waals surface area contributed by atoms with Crippen molar-refractivity contribution in [3.8, 4) is 38.6 Å². The van der Waals surface area contributed by atoms with E-state index >= 15 is 0 Å². The SMILES string of the molecule is CC(C)(C)c1cc(-c2nc3c(-c4ccccc4O)cccc3s2)cc(-c2cc(C(C)(C)C)cc3c(C(C)(C)C)ccnc23)c1. The van der Waals surface area contributed by atoms with E-state index in [1.807, 2.05) is 36.5 Å². The van der Waals surface area contributed by atoms with Gasteiger partial charge in [0.15, 0.2) is 0 Å². The lowest BCUT2D eigenvalue weighted by atomic mass is 9.79. The summed E-state index contributed by atoms with van der Waals surface area (Å²) in [6.07, 6.45) is 1.96. The molecule has 0 amide bonds. The van der Waals surface area contributed by atoms with Crippen molar-refractivity contribution < 1.29 is 5.11 Å². The number of rotatable bonds is 3. The third-order valence-electron chi connectivity index (χ3n) is 8.49. The van der Waals surface area contributed by atoms with Crippen molar-refractivity contribution in [3.63, 3.8) is 0 Å². The van der Waals surface area contributed by atoms with Crippen LogP contribution in [-0.2, 0) is 16.2 Å². The van der Waals surface area contributed by atoms with Crippen LogP contribution in [0.1, 0.15) is 79.0 Å². The highest BCUT2D eigenvalue weighted by Gasteiger charge is 2.25. The molecule has 4 heteroatoms. The molecule has 6 aromatic rings. The van der Waals surface area contributed by atoms with Gasteiger partial charge in [-0.15, -0.1) is 11.3 Å². The summed E-state index contributed by atoms with van der Waals surface area (Å²) < 4.78 is 1.10. The van der Waals surface area contributed by atoms with E-state index in [1.165, 1.54) is 22.1 Å². The summed E-state index contributed by atoms with van der Waals surface area (Å²) in [5.41, 5.74) is 10.9. The van der Waals surface area contributed by atoms with Crippen LogP contribution in [0.2, 0.25) is 0 Å². The van der Waals surface area contributed by atoms with E-state index in [0.717, 1.165) is 48.6 Å². The Kier molecular flexibility index (Phi) is 7.20. The summed E-state index contributed by atoms with van der Waals surface area (Å²) in [5.74, 6) is 0.263. The average Bonchev–Trinajstić information content (AvgIpc) is 3.40. The second-order valence-electron chi connectivity index (χ2n) is 15.0. The molecular formula is C40H42N2OS. The Labute approximate surface area is 265 Å². The zero-order valence-electron chi connectivity index (χ0n) is 27.3. The molecule has 0 saturated heterocycles. The molecule has 0 radical (unpaired) electrons. The average molecular weight is 599 g/mol. The molecule has 0 atom stereocenters. The van der Waals surface area contributed by atoms with Gasteiger partial charge in [-0.1, -0.05) is 98.7 Å². The molecule has 0 aliphatic carbocycles. The first-order valence-corrected chi connectivity index (χ1v) is 16.2. The van der Waals surface area contributed by atoms with Crippen LogP contribution in [0.25, 0.3) is 53.9 Å². The van der Waals surface area contributed by atoms with Gasteiger partial charge >= 0.3 is 0 Å². The van der Waals surface area contributed by atoms with E-state index in [9.17, 15) is 5.11 Å². The Hall–Kier alpha value is -4.02. The molecule has 3 nitrogen and oxygen atoms in total. The topological polar surface area (TPSA) is 46.0 Å². The molecule has 0 unspecified atom stereocenters. The van der Waals surface area contributed by atoms with Crippen LogP contribution in [0.3, 0.4) is 0 Å². The Balaban J connectivity index is 1.63. The number of hydrogen-bond acceptors (Lipinski definition) is 4. The number of pyridine rings is 1. The van der Waals surface area contributed by atoms with Crippen LogP contribution in [-0.4, -0.2) is 15.1 Å². The van der Waals surface area contributed by atoms with Gasteiger partial charge in [-0.3, -0.25) is 4.98 Å². The van der Waals surface area contributed by atoms with Gasteiger partial charge in [-0.2, -0.15) is 0 Å². The van der Waals surface area contributed by atoms with Crippen LogP contribution >= 0.6 is 11.3 Å². The number of para-hydroxylation sites is 2. The maximum atomic E-state index is 10.6. The van der Waals surface area contributed by atoms with Gasteiger partial charge in [0.2, 0.25) is 0 Å². The van der Waals surface area contributed by atoms with E-state index < -0.39 is 0 Å². The van der Waals surface area contributed by atoms with Crippen LogP contribution < -0.4 is 0 Å². The van der Waals surface area contributed by atoms with Crippen molar-refractivity contribution >= 4 is 32.5 Å². The fraction of sp³-hybridized carbons (Fsp3) is 0.300. The summed E-state index contributed by atoms with van der Waals surface area (Å²) in [6.45, 7) is 20.5. The summed E-state index contributed by atoms with van der Waals surface area (Å²) in [4.78, 5) is 10.2. The maximum absolute atomic E-state index is 10.6. The van der Waals surface area contributed by atoms with Crippen molar-refractivity contribution in [2.24, 2.45) is 0 Å². The first kappa shape index (κ1) is 30.0. The Bertz CT molecular complexity index is 2030. The molecule has 0 spiro atoms. The van der Waals surface area contributed by atoms with Crippen molar-refractivity contribution in [3.05, 3.63) is 102 Å². The normalized spacial score (nSPS) is 12.8. The number of aromatic hydroxyl groups is 1. The minimum atomic E-state index is -0.0656. The highest BCUT2D eigenvalue weighted by atomic mass is 32.1. The van der Waals surface area contributed by atoms with E-state index in [-0.39, 0.29) is 22.0 Å². The highest BCUT2D eigenvalue weighted by molar-refractivity contribution is 7.21. The van der Waals surface area contributed by atoms with E-state index in [4.69, 9.17) is 9.97 Å². The number of phenolic OH excluding ortho intramolecular Hbond substituents is 1. The van der Waals surface area contributed by atoms with Gasteiger partial charge in [0.1, 0.15) is 10.8 Å². The van der Waals surface area contributed by atoms with Crippen molar-refractivity contribution in [2.75, 3.05) is 0 Å². The molecule has 44 heavy (non-hydrogen) atoms. The fourth-order valence-electron chi connectivity index (χ4n) is 5.89. The zero-order chi connectivity index (χ0) is 31.6. The molecule has 224 valence electrons. The van der Waals surface area contributed by atoms with Gasteiger partial charge in [0.05, 0.1) is 15.7 Å². The van der Waals surface area contributed by atoms with Crippen molar-refractivity contribution in [1.29, 1.82) is 0 Å². The van der Waals surface area contributed by atoms with E-state index in [2.05, 4.69) is 105 Å². The smallest absolute Gasteiger partial charge is 0.124 e. The molecule has 0 aliphatic heterocycles. The van der Waals surface area contributed by atoms with Gasteiger partial charge in [0, 0.05) is 33.8 Å². The molecule has 2 heterocycles. The van der Waals surface area contributed by atoms with Gasteiger partial charge < -0.3 is 5.11 Å². The molecule has 1 N–H and O–H groups in total. The number of thiazole rings is 1. The predicted octanol–water partition coefficient (Wildman–Crippen LogP) is 11.4. The standard InChI is InChI=1S/C40H42N2OS/c1-38(2,3)26-20-24(30-22-27(39(4,5)6)23-31-32(40(7,8)9)17-18-41-35(30)31)19-25(21-26)37-42-36-29(14-12-16-34(36)44-37)28-13-10-11-15-33(28)43/h10-23,43H,1-9H3. The summed E-state index contributed by atoms with van der Waals surface area (Å²) in [7, 11) is 0. The van der Waals surface area contributed by atoms with Gasteiger partial charge in [-0.25, -0.2) is 4.98 Å². The molecule has 4 aromatic carbocycles. The minimum absolute atomic E-state index is 0.0146. The maximum Gasteiger partial charge on any atom is 0.124 e. The van der Waals surface area contributed by atoms with E-state index in [1.54, 1.807) is 17.4 Å². The predicted molar refractivity (Wildman–Crippen MR) is 189 cm³/mol. The molecule has 0 aliphatic rings. The summed E-state index contributed by atoms with van der Waals surface area (Å²) in [6, 6.07) is 27.5. The largest absolute Gasteiger partial charge is 0.507 e. The molecule has 0 fully saturated rings. The Morgan fingerprint density at radius 3 is 1.93 bits per heavy atom. The number of benzene rings is 4. The van der Waals surface area contributed by atoms with Crippen molar-refractivity contribution in [1.82, 2.24) is 9.97 Å². The lowest BCUT2D eigenvalue weighted by molar-refractivity contribution is 0.477. The molecule has 0 saturated carbocycles. The number of fused-ring (bicyclic) bond motifs is 2. The van der Waals surface area contributed by atoms with Gasteiger partial charge in [-0.05, 0) is 81.0 Å². The molecule has 6 rings (SSSR count). The quantitative estimate of drug-likeness (QED) is 0.220. The van der Waals surface area contributed by atoms with Crippen LogP contribution in [0.15, 0.2) is 85.1 Å². The number of aromatic nitrogens is 2.